The maximum atomic E-state index is 12.2. The molecule has 0 aliphatic heterocycles. The molecule has 23 heavy (non-hydrogen) atoms. The van der Waals surface area contributed by atoms with Crippen LogP contribution < -0.4 is 0 Å². The molecule has 0 aliphatic carbocycles. The Bertz CT molecular complexity index is 852. The Labute approximate surface area is 136 Å². The lowest BCUT2D eigenvalue weighted by molar-refractivity contribution is 0.102. The van der Waals surface area contributed by atoms with E-state index in [1.807, 2.05) is 36.4 Å². The SMILES string of the molecule is N#Cc1ccc(C(=O)CSc2nnnn2-c2ccccc2)cc1. The molecule has 3 aromatic rings. The average Bonchev–Trinajstić information content (AvgIpc) is 3.09. The summed E-state index contributed by atoms with van der Waals surface area (Å²) in [5.74, 6) is 0.182. The number of ketones is 1. The number of benzene rings is 2. The summed E-state index contributed by atoms with van der Waals surface area (Å²) in [5.41, 5.74) is 1.93. The Morgan fingerprint density at radius 1 is 1.13 bits per heavy atom. The number of carbonyl (C=O) groups is 1. The zero-order valence-corrected chi connectivity index (χ0v) is 12.8. The van der Waals surface area contributed by atoms with Gasteiger partial charge in [-0.05, 0) is 34.7 Å². The second-order valence-electron chi connectivity index (χ2n) is 4.61. The Balaban J connectivity index is 1.70. The number of hydrogen-bond acceptors (Lipinski definition) is 6. The second-order valence-corrected chi connectivity index (χ2v) is 5.55. The summed E-state index contributed by atoms with van der Waals surface area (Å²) in [6.45, 7) is 0. The van der Waals surface area contributed by atoms with E-state index in [9.17, 15) is 4.79 Å². The first-order valence-corrected chi connectivity index (χ1v) is 7.76. The van der Waals surface area contributed by atoms with Crippen molar-refractivity contribution < 1.29 is 4.79 Å². The van der Waals surface area contributed by atoms with Crippen LogP contribution in [0.1, 0.15) is 15.9 Å². The number of Topliss-reactive ketones (excluding diaryl/α,β-unsaturated/α-hetero) is 1. The molecule has 0 bridgehead atoms. The fourth-order valence-electron chi connectivity index (χ4n) is 1.94. The summed E-state index contributed by atoms with van der Waals surface area (Å²) in [6, 6.07) is 18.1. The van der Waals surface area contributed by atoms with E-state index in [1.54, 1.807) is 28.9 Å². The summed E-state index contributed by atoms with van der Waals surface area (Å²) in [5, 5.41) is 20.9. The molecule has 1 aromatic heterocycles. The molecule has 0 radical (unpaired) electrons. The van der Waals surface area contributed by atoms with Crippen molar-refractivity contribution in [3.05, 3.63) is 65.7 Å². The molecular formula is C16H11N5OS. The number of nitriles is 1. The van der Waals surface area contributed by atoms with E-state index in [0.717, 1.165) is 5.69 Å². The van der Waals surface area contributed by atoms with Crippen molar-refractivity contribution in [1.29, 1.82) is 5.26 Å². The number of thioether (sulfide) groups is 1. The molecule has 0 aliphatic rings. The highest BCUT2D eigenvalue weighted by Crippen LogP contribution is 2.19. The maximum absolute atomic E-state index is 12.2. The highest BCUT2D eigenvalue weighted by atomic mass is 32.2. The molecule has 112 valence electrons. The summed E-state index contributed by atoms with van der Waals surface area (Å²) < 4.78 is 1.59. The van der Waals surface area contributed by atoms with E-state index < -0.39 is 0 Å². The van der Waals surface area contributed by atoms with Crippen LogP contribution in [-0.4, -0.2) is 31.7 Å². The molecule has 0 unspecified atom stereocenters. The molecule has 0 atom stereocenters. The molecule has 0 N–H and O–H groups in total. The van der Waals surface area contributed by atoms with Gasteiger partial charge in [0.2, 0.25) is 5.16 Å². The molecule has 7 heteroatoms. The normalized spacial score (nSPS) is 10.2. The van der Waals surface area contributed by atoms with Gasteiger partial charge in [0, 0.05) is 5.56 Å². The Morgan fingerprint density at radius 3 is 2.57 bits per heavy atom. The van der Waals surface area contributed by atoms with E-state index in [4.69, 9.17) is 5.26 Å². The second kappa shape index (κ2) is 6.85. The van der Waals surface area contributed by atoms with Crippen LogP contribution in [-0.2, 0) is 0 Å². The quantitative estimate of drug-likeness (QED) is 0.530. The molecule has 6 nitrogen and oxygen atoms in total. The van der Waals surface area contributed by atoms with Crippen molar-refractivity contribution in [3.8, 4) is 11.8 Å². The third-order valence-electron chi connectivity index (χ3n) is 3.11. The van der Waals surface area contributed by atoms with Crippen molar-refractivity contribution in [2.24, 2.45) is 0 Å². The van der Waals surface area contributed by atoms with Crippen LogP contribution in [0, 0.1) is 11.3 Å². The van der Waals surface area contributed by atoms with Gasteiger partial charge in [0.25, 0.3) is 0 Å². The molecule has 0 amide bonds. The van der Waals surface area contributed by atoms with Crippen LogP contribution in [0.15, 0.2) is 59.8 Å². The summed E-state index contributed by atoms with van der Waals surface area (Å²) in [4.78, 5) is 12.2. The van der Waals surface area contributed by atoms with Crippen molar-refractivity contribution in [2.45, 2.75) is 5.16 Å². The van der Waals surface area contributed by atoms with Crippen LogP contribution in [0.4, 0.5) is 0 Å². The van der Waals surface area contributed by atoms with Gasteiger partial charge < -0.3 is 0 Å². The van der Waals surface area contributed by atoms with Crippen molar-refractivity contribution in [3.63, 3.8) is 0 Å². The number of aromatic nitrogens is 4. The number of tetrazole rings is 1. The first kappa shape index (κ1) is 14.9. The number of rotatable bonds is 5. The van der Waals surface area contributed by atoms with Gasteiger partial charge in [-0.2, -0.15) is 9.94 Å². The van der Waals surface area contributed by atoms with Gasteiger partial charge in [-0.15, -0.1) is 5.10 Å². The smallest absolute Gasteiger partial charge is 0.214 e. The van der Waals surface area contributed by atoms with Crippen LogP contribution in [0.5, 0.6) is 0 Å². The summed E-state index contributed by atoms with van der Waals surface area (Å²) in [7, 11) is 0. The van der Waals surface area contributed by atoms with Gasteiger partial charge in [0.1, 0.15) is 0 Å². The molecular weight excluding hydrogens is 310 g/mol. The van der Waals surface area contributed by atoms with Crippen LogP contribution >= 0.6 is 11.8 Å². The fourth-order valence-corrected chi connectivity index (χ4v) is 2.73. The zero-order valence-electron chi connectivity index (χ0n) is 12.0. The topological polar surface area (TPSA) is 84.5 Å². The van der Waals surface area contributed by atoms with E-state index in [-0.39, 0.29) is 11.5 Å². The van der Waals surface area contributed by atoms with Gasteiger partial charge in [-0.25, -0.2) is 0 Å². The Kier molecular flexibility index (Phi) is 4.45. The molecule has 1 heterocycles. The van der Waals surface area contributed by atoms with Crippen molar-refractivity contribution in [2.75, 3.05) is 5.75 Å². The molecule has 0 saturated carbocycles. The lowest BCUT2D eigenvalue weighted by Gasteiger charge is -2.04. The van der Waals surface area contributed by atoms with E-state index in [1.165, 1.54) is 11.8 Å². The van der Waals surface area contributed by atoms with Gasteiger partial charge in [0.05, 0.1) is 23.1 Å². The minimum Gasteiger partial charge on any atom is -0.293 e. The molecule has 0 spiro atoms. The maximum Gasteiger partial charge on any atom is 0.214 e. The third kappa shape index (κ3) is 3.44. The monoisotopic (exact) mass is 321 g/mol. The Morgan fingerprint density at radius 2 is 1.87 bits per heavy atom. The standard InChI is InChI=1S/C16H11N5OS/c17-10-12-6-8-13(9-7-12)15(22)11-23-16-18-19-20-21(16)14-4-2-1-3-5-14/h1-9H,11H2. The van der Waals surface area contributed by atoms with E-state index in [2.05, 4.69) is 15.5 Å². The predicted octanol–water partition coefficient (Wildman–Crippen LogP) is 2.51. The van der Waals surface area contributed by atoms with Crippen LogP contribution in [0.2, 0.25) is 0 Å². The zero-order chi connectivity index (χ0) is 16.1. The average molecular weight is 321 g/mol. The fraction of sp³-hybridized carbons (Fsp3) is 0.0625. The minimum atomic E-state index is -0.0397. The predicted molar refractivity (Wildman–Crippen MR) is 85.4 cm³/mol. The number of para-hydroxylation sites is 1. The molecule has 0 saturated heterocycles. The third-order valence-corrected chi connectivity index (χ3v) is 4.03. The molecule has 0 fully saturated rings. The van der Waals surface area contributed by atoms with Gasteiger partial charge in [0.15, 0.2) is 5.78 Å². The lowest BCUT2D eigenvalue weighted by atomic mass is 10.1. The highest BCUT2D eigenvalue weighted by molar-refractivity contribution is 7.99. The Hall–Kier alpha value is -2.98. The number of hydrogen-bond donors (Lipinski definition) is 0. The summed E-state index contributed by atoms with van der Waals surface area (Å²) >= 11 is 1.27. The lowest BCUT2D eigenvalue weighted by Crippen LogP contribution is -2.05. The molecule has 2 aromatic carbocycles. The van der Waals surface area contributed by atoms with Crippen LogP contribution in [0.25, 0.3) is 5.69 Å². The van der Waals surface area contributed by atoms with E-state index >= 15 is 0 Å². The first-order chi connectivity index (χ1) is 11.3. The number of carbonyl (C=O) groups excluding carboxylic acids is 1. The van der Waals surface area contributed by atoms with Gasteiger partial charge >= 0.3 is 0 Å². The minimum absolute atomic E-state index is 0.0397. The number of nitrogens with zero attached hydrogens (tertiary/aromatic N) is 5. The highest BCUT2D eigenvalue weighted by Gasteiger charge is 2.12. The summed E-state index contributed by atoms with van der Waals surface area (Å²) in [6.07, 6.45) is 0. The van der Waals surface area contributed by atoms with Crippen molar-refractivity contribution in [1.82, 2.24) is 20.2 Å². The largest absolute Gasteiger partial charge is 0.293 e. The first-order valence-electron chi connectivity index (χ1n) is 6.78. The van der Waals surface area contributed by atoms with Crippen LogP contribution in [0.3, 0.4) is 0 Å². The molecule has 3 rings (SSSR count). The van der Waals surface area contributed by atoms with Crippen molar-refractivity contribution >= 4 is 17.5 Å². The van der Waals surface area contributed by atoms with E-state index in [0.29, 0.717) is 16.3 Å². The van der Waals surface area contributed by atoms with Gasteiger partial charge in [-0.3, -0.25) is 4.79 Å². The van der Waals surface area contributed by atoms with Gasteiger partial charge in [-0.1, -0.05) is 42.1 Å².